The van der Waals surface area contributed by atoms with E-state index in [1.165, 1.54) is 25.7 Å². The quantitative estimate of drug-likeness (QED) is 0.771. The van der Waals surface area contributed by atoms with Gasteiger partial charge in [-0.25, -0.2) is 4.39 Å². The summed E-state index contributed by atoms with van der Waals surface area (Å²) in [7, 11) is 0. The minimum atomic E-state index is -0.219. The number of hydrogen-bond acceptors (Lipinski definition) is 1. The molecule has 0 saturated heterocycles. The van der Waals surface area contributed by atoms with Crippen LogP contribution in [0.4, 0.5) is 4.39 Å². The van der Waals surface area contributed by atoms with Crippen LogP contribution >= 0.6 is 0 Å². The molecule has 16 heavy (non-hydrogen) atoms. The molecule has 2 saturated carbocycles. The highest BCUT2D eigenvalue weighted by Crippen LogP contribution is 2.62. The topological polar surface area (TPSA) is 26.0 Å². The molecule has 2 N–H and O–H groups in total. The maximum Gasteiger partial charge on any atom is 0.123 e. The summed E-state index contributed by atoms with van der Waals surface area (Å²) in [5.74, 6) is 1.05. The Hall–Kier alpha value is -0.890. The van der Waals surface area contributed by atoms with Crippen LogP contribution in [-0.2, 0) is 5.54 Å². The largest absolute Gasteiger partial charge is 0.321 e. The van der Waals surface area contributed by atoms with Gasteiger partial charge in [0.15, 0.2) is 0 Å². The highest BCUT2D eigenvalue weighted by Gasteiger charge is 2.62. The summed E-state index contributed by atoms with van der Waals surface area (Å²) < 4.78 is 13.4. The SMILES string of the molecule is Cc1cc(F)cc(C2(N)C3CCCCC32)c1. The van der Waals surface area contributed by atoms with Gasteiger partial charge in [-0.3, -0.25) is 0 Å². The van der Waals surface area contributed by atoms with E-state index in [0.717, 1.165) is 11.1 Å². The number of benzene rings is 1. The third-order valence-corrected chi connectivity index (χ3v) is 4.43. The van der Waals surface area contributed by atoms with E-state index < -0.39 is 0 Å². The lowest BCUT2D eigenvalue weighted by Crippen LogP contribution is -2.24. The van der Waals surface area contributed by atoms with Gasteiger partial charge in [-0.15, -0.1) is 0 Å². The lowest BCUT2D eigenvalue weighted by Gasteiger charge is -2.13. The number of rotatable bonds is 1. The normalized spacial score (nSPS) is 36.9. The Bertz CT molecular complexity index is 394. The molecule has 2 fully saturated rings. The zero-order valence-corrected chi connectivity index (χ0v) is 9.67. The van der Waals surface area contributed by atoms with E-state index >= 15 is 0 Å². The number of aryl methyl sites for hydroxylation is 1. The molecule has 2 heteroatoms. The van der Waals surface area contributed by atoms with E-state index in [4.69, 9.17) is 5.73 Å². The lowest BCUT2D eigenvalue weighted by atomic mass is 9.99. The predicted octanol–water partition coefficient (Wildman–Crippen LogP) is 3.11. The van der Waals surface area contributed by atoms with Crippen molar-refractivity contribution in [3.63, 3.8) is 0 Å². The van der Waals surface area contributed by atoms with Crippen LogP contribution in [0.2, 0.25) is 0 Å². The van der Waals surface area contributed by atoms with E-state index in [1.807, 2.05) is 6.92 Å². The Kier molecular flexibility index (Phi) is 2.12. The lowest BCUT2D eigenvalue weighted by molar-refractivity contribution is 0.480. The Morgan fingerprint density at radius 2 is 1.81 bits per heavy atom. The number of fused-ring (bicyclic) bond motifs is 1. The molecule has 3 rings (SSSR count). The van der Waals surface area contributed by atoms with E-state index in [2.05, 4.69) is 6.07 Å². The smallest absolute Gasteiger partial charge is 0.123 e. The second kappa shape index (κ2) is 3.30. The zero-order valence-electron chi connectivity index (χ0n) is 9.67. The van der Waals surface area contributed by atoms with Gasteiger partial charge in [0, 0.05) is 5.54 Å². The Labute approximate surface area is 95.8 Å². The highest BCUT2D eigenvalue weighted by atomic mass is 19.1. The van der Waals surface area contributed by atoms with Crippen LogP contribution in [-0.4, -0.2) is 0 Å². The monoisotopic (exact) mass is 219 g/mol. The van der Waals surface area contributed by atoms with Crippen LogP contribution in [0.5, 0.6) is 0 Å². The van der Waals surface area contributed by atoms with Crippen LogP contribution in [0.25, 0.3) is 0 Å². The molecule has 1 nitrogen and oxygen atoms in total. The van der Waals surface area contributed by atoms with Crippen molar-refractivity contribution in [2.45, 2.75) is 38.1 Å². The second-order valence-electron chi connectivity index (χ2n) is 5.45. The summed E-state index contributed by atoms with van der Waals surface area (Å²) in [5.41, 5.74) is 8.26. The minimum Gasteiger partial charge on any atom is -0.321 e. The van der Waals surface area contributed by atoms with Gasteiger partial charge < -0.3 is 5.73 Å². The van der Waals surface area contributed by atoms with Gasteiger partial charge in [0.25, 0.3) is 0 Å². The molecule has 0 spiro atoms. The summed E-state index contributed by atoms with van der Waals surface area (Å²) >= 11 is 0. The van der Waals surface area contributed by atoms with Crippen LogP contribution in [0, 0.1) is 24.6 Å². The maximum atomic E-state index is 13.4. The molecule has 0 bridgehead atoms. The summed E-state index contributed by atoms with van der Waals surface area (Å²) in [6, 6.07) is 5.26. The van der Waals surface area contributed by atoms with Crippen molar-refractivity contribution in [3.05, 3.63) is 35.1 Å². The van der Waals surface area contributed by atoms with Crippen molar-refractivity contribution < 1.29 is 4.39 Å². The van der Waals surface area contributed by atoms with Crippen molar-refractivity contribution in [1.82, 2.24) is 0 Å². The number of nitrogens with two attached hydrogens (primary N) is 1. The van der Waals surface area contributed by atoms with Gasteiger partial charge in [0.1, 0.15) is 5.82 Å². The fourth-order valence-corrected chi connectivity index (χ4v) is 3.59. The number of halogens is 1. The molecule has 0 aliphatic heterocycles. The van der Waals surface area contributed by atoms with E-state index in [1.54, 1.807) is 12.1 Å². The average Bonchev–Trinajstić information content (AvgIpc) is 2.86. The maximum absolute atomic E-state index is 13.4. The molecular formula is C14H18FN. The predicted molar refractivity (Wildman–Crippen MR) is 62.5 cm³/mol. The Morgan fingerprint density at radius 3 is 2.38 bits per heavy atom. The zero-order chi connectivity index (χ0) is 11.3. The fraction of sp³-hybridized carbons (Fsp3) is 0.571. The first-order chi connectivity index (χ1) is 7.62. The van der Waals surface area contributed by atoms with Crippen molar-refractivity contribution in [3.8, 4) is 0 Å². The molecule has 2 unspecified atom stereocenters. The molecule has 1 aromatic rings. The highest BCUT2D eigenvalue weighted by molar-refractivity contribution is 5.38. The standard InChI is InChI=1S/C14H18FN/c1-9-6-10(8-11(15)7-9)14(16)12-4-2-3-5-13(12)14/h6-8,12-13H,2-5,16H2,1H3. The fourth-order valence-electron chi connectivity index (χ4n) is 3.59. The average molecular weight is 219 g/mol. The van der Waals surface area contributed by atoms with Gasteiger partial charge in [-0.1, -0.05) is 18.9 Å². The minimum absolute atomic E-state index is 0.150. The van der Waals surface area contributed by atoms with Crippen LogP contribution < -0.4 is 5.73 Å². The van der Waals surface area contributed by atoms with Gasteiger partial charge in [0.05, 0.1) is 0 Å². The summed E-state index contributed by atoms with van der Waals surface area (Å²) in [6.45, 7) is 1.93. The Morgan fingerprint density at radius 1 is 1.19 bits per heavy atom. The second-order valence-corrected chi connectivity index (χ2v) is 5.45. The molecular weight excluding hydrogens is 201 g/mol. The third kappa shape index (κ3) is 1.32. The third-order valence-electron chi connectivity index (χ3n) is 4.43. The van der Waals surface area contributed by atoms with E-state index in [0.29, 0.717) is 11.8 Å². The molecule has 2 atom stereocenters. The van der Waals surface area contributed by atoms with Crippen molar-refractivity contribution in [2.75, 3.05) is 0 Å². The molecule has 2 aliphatic carbocycles. The molecule has 0 heterocycles. The first-order valence-electron chi connectivity index (χ1n) is 6.19. The van der Waals surface area contributed by atoms with E-state index in [-0.39, 0.29) is 11.4 Å². The Balaban J connectivity index is 1.98. The van der Waals surface area contributed by atoms with Gasteiger partial charge in [-0.05, 0) is 54.9 Å². The van der Waals surface area contributed by atoms with Crippen molar-refractivity contribution in [2.24, 2.45) is 17.6 Å². The van der Waals surface area contributed by atoms with Crippen LogP contribution in [0.3, 0.4) is 0 Å². The molecule has 1 aromatic carbocycles. The first-order valence-corrected chi connectivity index (χ1v) is 6.19. The summed E-state index contributed by atoms with van der Waals surface area (Å²) in [4.78, 5) is 0. The van der Waals surface area contributed by atoms with Crippen molar-refractivity contribution in [1.29, 1.82) is 0 Å². The molecule has 0 amide bonds. The van der Waals surface area contributed by atoms with E-state index in [9.17, 15) is 4.39 Å². The summed E-state index contributed by atoms with van der Waals surface area (Å²) in [5, 5.41) is 0. The van der Waals surface area contributed by atoms with Crippen LogP contribution in [0.1, 0.15) is 36.8 Å². The molecule has 0 radical (unpaired) electrons. The number of hydrogen-bond donors (Lipinski definition) is 1. The molecule has 2 aliphatic rings. The first kappa shape index (κ1) is 10.3. The van der Waals surface area contributed by atoms with Gasteiger partial charge in [0.2, 0.25) is 0 Å². The van der Waals surface area contributed by atoms with Crippen LogP contribution in [0.15, 0.2) is 18.2 Å². The van der Waals surface area contributed by atoms with Gasteiger partial charge in [-0.2, -0.15) is 0 Å². The molecule has 86 valence electrons. The summed E-state index contributed by atoms with van der Waals surface area (Å²) in [6.07, 6.45) is 5.01. The van der Waals surface area contributed by atoms with Crippen molar-refractivity contribution >= 4 is 0 Å². The molecule has 0 aromatic heterocycles. The van der Waals surface area contributed by atoms with Gasteiger partial charge >= 0.3 is 0 Å².